The summed E-state index contributed by atoms with van der Waals surface area (Å²) in [7, 11) is 14.2. The van der Waals surface area contributed by atoms with Gasteiger partial charge in [0, 0.05) is 111 Å². The summed E-state index contributed by atoms with van der Waals surface area (Å²) in [6, 6.07) is -0.190. The predicted octanol–water partition coefficient (Wildman–Crippen LogP) is 5.11. The molecule has 0 aliphatic rings. The zero-order chi connectivity index (χ0) is 63.7. The number of terminal acetylenes is 4. The number of hydrogen-bond acceptors (Lipinski definition) is 24. The molecule has 0 saturated carbocycles. The molecule has 3 heterocycles. The smallest absolute Gasteiger partial charge is 0.420 e. The van der Waals surface area contributed by atoms with Gasteiger partial charge < -0.3 is 53.3 Å². The molecule has 0 saturated heterocycles. The van der Waals surface area contributed by atoms with E-state index in [0.29, 0.717) is 25.9 Å². The van der Waals surface area contributed by atoms with Crippen LogP contribution in [0.2, 0.25) is 0 Å². The Labute approximate surface area is 536 Å². The van der Waals surface area contributed by atoms with E-state index in [9.17, 15) is 28.8 Å². The monoisotopic (exact) mass is 1370 g/mol. The Morgan fingerprint density at radius 1 is 0.590 bits per heavy atom. The van der Waals surface area contributed by atoms with Gasteiger partial charge in [0.1, 0.15) is 25.6 Å². The number of rotatable bonds is 30. The van der Waals surface area contributed by atoms with Crippen molar-refractivity contribution in [2.45, 2.75) is 25.7 Å². The van der Waals surface area contributed by atoms with Crippen molar-refractivity contribution < 1.29 is 59.6 Å². The Bertz CT molecular complexity index is 2100. The van der Waals surface area contributed by atoms with Crippen LogP contribution in [0.4, 0.5) is 9.59 Å². The number of nitrogens with two attached hydrogens (primary N) is 3. The molecule has 3 aromatic heterocycles. The highest BCUT2D eigenvalue weighted by Crippen LogP contribution is 2.22. The molecule has 83 heavy (non-hydrogen) atoms. The van der Waals surface area contributed by atoms with E-state index in [2.05, 4.69) is 73.8 Å². The van der Waals surface area contributed by atoms with Crippen molar-refractivity contribution >= 4 is 156 Å². The number of ether oxygens (including phenoxy) is 3. The molecule has 22 nitrogen and oxygen atoms in total. The van der Waals surface area contributed by atoms with E-state index in [1.54, 1.807) is 89.6 Å². The highest BCUT2D eigenvalue weighted by Gasteiger charge is 2.05. The molecular formula is C50H79Cl3N12O10S8+2. The number of aliphatic hydroxyl groups is 1. The van der Waals surface area contributed by atoms with Crippen molar-refractivity contribution in [1.82, 2.24) is 34.0 Å². The number of allylic oxidation sites excluding steroid dienone is 1. The van der Waals surface area contributed by atoms with Crippen molar-refractivity contribution in [2.24, 2.45) is 17.2 Å². The summed E-state index contributed by atoms with van der Waals surface area (Å²) in [6.07, 6.45) is 37.0. The number of hydrogen-bond donors (Lipinski definition) is 7. The number of quaternary nitrogens is 2. The topological polar surface area (TPSA) is 349 Å². The quantitative estimate of drug-likeness (QED) is 0.00666. The van der Waals surface area contributed by atoms with Crippen LogP contribution in [0, 0.1) is 49.4 Å². The van der Waals surface area contributed by atoms with E-state index >= 15 is 0 Å². The second kappa shape index (κ2) is 80.1. The van der Waals surface area contributed by atoms with E-state index < -0.39 is 11.3 Å². The summed E-state index contributed by atoms with van der Waals surface area (Å²) in [6.45, 7) is 11.3. The first-order valence-electron chi connectivity index (χ1n) is 24.0. The highest BCUT2D eigenvalue weighted by molar-refractivity contribution is 8.77. The largest absolute Gasteiger partial charge is 0.452 e. The Morgan fingerprint density at radius 3 is 1.23 bits per heavy atom. The van der Waals surface area contributed by atoms with E-state index in [0.717, 1.165) is 79.6 Å². The molecular weight excluding hydrogens is 1290 g/mol. The van der Waals surface area contributed by atoms with Gasteiger partial charge in [0.25, 0.3) is 0 Å². The highest BCUT2D eigenvalue weighted by atomic mass is 35.5. The SMILES string of the molecule is C#CCO.C#CCOC(=O)CCCSSCCN.C#CCOC(=O)CCCSSCCNC(=O)C=C.C#CCOC(=O)n1ccnc1.C=CC(=O)Cl.ClCCl.NCCSSCCN.O=C(n1ccnc1)n1ccnc1.[NH3+]CCSSCC[NH3+]. The van der Waals surface area contributed by atoms with Gasteiger partial charge in [-0.25, -0.2) is 29.1 Å². The first-order chi connectivity index (χ1) is 40.2. The van der Waals surface area contributed by atoms with Gasteiger partial charge in [0.05, 0.1) is 29.9 Å². The molecule has 0 spiro atoms. The normalized spacial score (nSPS) is 8.93. The third-order valence-electron chi connectivity index (χ3n) is 6.61. The lowest BCUT2D eigenvalue weighted by atomic mass is 10.3. The minimum Gasteiger partial charge on any atom is -0.452 e. The number of amides is 1. The van der Waals surface area contributed by atoms with Crippen LogP contribution in [-0.4, -0.2) is 186 Å². The number of carbonyl (C=O) groups excluding carboxylic acids is 6. The number of imidazole rings is 3. The van der Waals surface area contributed by atoms with Gasteiger partial charge in [-0.3, -0.25) is 28.3 Å². The maximum atomic E-state index is 11.4. The number of esters is 2. The van der Waals surface area contributed by atoms with Crippen molar-refractivity contribution in [3.63, 3.8) is 0 Å². The molecule has 3 rings (SSSR count). The van der Waals surface area contributed by atoms with Gasteiger partial charge in [0.15, 0.2) is 19.8 Å². The maximum absolute atomic E-state index is 11.4. The van der Waals surface area contributed by atoms with Gasteiger partial charge in [-0.05, 0) is 36.6 Å². The van der Waals surface area contributed by atoms with Crippen molar-refractivity contribution in [3.8, 4) is 49.4 Å². The molecule has 0 atom stereocenters. The van der Waals surface area contributed by atoms with E-state index in [1.165, 1.54) is 62.7 Å². The van der Waals surface area contributed by atoms with Gasteiger partial charge in [-0.15, -0.1) is 48.9 Å². The van der Waals surface area contributed by atoms with Crippen LogP contribution in [0.25, 0.3) is 0 Å². The second-order valence-corrected chi connectivity index (χ2v) is 25.0. The molecule has 0 radical (unpaired) electrons. The van der Waals surface area contributed by atoms with Crippen molar-refractivity contribution in [3.05, 3.63) is 81.5 Å². The summed E-state index contributed by atoms with van der Waals surface area (Å²) in [5.74, 6) is 16.0. The molecule has 466 valence electrons. The maximum Gasteiger partial charge on any atom is 0.420 e. The average Bonchev–Trinajstić information content (AvgIpc) is 4.41. The zero-order valence-electron chi connectivity index (χ0n) is 46.2. The van der Waals surface area contributed by atoms with Crippen LogP contribution in [0.3, 0.4) is 0 Å². The molecule has 0 unspecified atom stereocenters. The number of alkyl halides is 2. The molecule has 0 aliphatic carbocycles. The molecule has 3 aromatic rings. The number of nitrogens with one attached hydrogen (secondary N) is 1. The molecule has 0 aromatic carbocycles. The Balaban J connectivity index is -0.000000209. The first kappa shape index (κ1) is 90.2. The Morgan fingerprint density at radius 2 is 0.928 bits per heavy atom. The Hall–Kier alpha value is -4.00. The molecule has 0 fully saturated rings. The summed E-state index contributed by atoms with van der Waals surface area (Å²) >= 11 is 14.2. The standard InChI is InChI=1S/C12H17NO3S2.C9H15NO2S2.C7H6N4O.C7H6N2O2.2C4H12N2S2.C3H3ClO.C3H4O.CH2Cl2/c1-3-8-16-12(15)6-5-9-17-18-10-7-13-11(14)4-2;1-2-6-12-9(11)4-3-7-13-14-8-5-10;12-7(10-3-1-8-5-10)11-4-2-9-6-11;1-2-5-11-7(10)9-4-3-8-6-9;2*5-1-3-7-8-4-2-6;1-2-3(4)5;1-2-3-4;2-1-3/h1,4H,2,5-10H2,(H,13,14);1H,3-8,10H2;1-6H;1,3-4,6H,5H2;2*1-6H2;2H,1H2;1,4H,3H2;1H2/p+2. The molecule has 0 aliphatic heterocycles. The average molecular weight is 1370 g/mol. The fraction of sp³-hybridized carbons (Fsp3) is 0.460. The van der Waals surface area contributed by atoms with Gasteiger partial charge in [-0.1, -0.05) is 123 Å². The van der Waals surface area contributed by atoms with Crippen LogP contribution >= 0.6 is 121 Å². The first-order valence-corrected chi connectivity index (χ1v) is 35.4. The summed E-state index contributed by atoms with van der Waals surface area (Å²) in [5.41, 5.74) is 23.3. The van der Waals surface area contributed by atoms with Crippen LogP contribution in [0.5, 0.6) is 0 Å². The lowest BCUT2D eigenvalue weighted by molar-refractivity contribution is -0.360. The minimum absolute atomic E-state index is 0.0169. The van der Waals surface area contributed by atoms with Crippen molar-refractivity contribution in [2.75, 3.05) is 117 Å². The number of nitrogens with zero attached hydrogens (tertiary/aromatic N) is 6. The minimum atomic E-state index is -0.513. The lowest BCUT2D eigenvalue weighted by Gasteiger charge is -2.02. The molecule has 14 N–H and O–H groups in total. The van der Waals surface area contributed by atoms with E-state index in [4.69, 9.17) is 85.9 Å². The predicted molar refractivity (Wildman–Crippen MR) is 356 cm³/mol. The third-order valence-corrected chi connectivity index (χ3v) is 16.8. The van der Waals surface area contributed by atoms with E-state index in [-0.39, 0.29) is 55.6 Å². The van der Waals surface area contributed by atoms with Gasteiger partial charge in [-0.2, -0.15) is 0 Å². The van der Waals surface area contributed by atoms with Crippen LogP contribution < -0.4 is 34.0 Å². The number of aliphatic hydroxyl groups excluding tert-OH is 1. The number of halogens is 3. The molecule has 33 heteroatoms. The van der Waals surface area contributed by atoms with E-state index in [1.807, 2.05) is 27.5 Å². The van der Waals surface area contributed by atoms with Gasteiger partial charge in [0.2, 0.25) is 11.1 Å². The second-order valence-electron chi connectivity index (χ2n) is 13.0. The fourth-order valence-corrected chi connectivity index (χ4v) is 10.9. The Kier molecular flexibility index (Phi) is 87.0. The van der Waals surface area contributed by atoms with Gasteiger partial charge >= 0.3 is 24.1 Å². The fourth-order valence-electron chi connectivity index (χ4n) is 3.38. The third kappa shape index (κ3) is 80.1. The zero-order valence-corrected chi connectivity index (χ0v) is 55.0. The summed E-state index contributed by atoms with van der Waals surface area (Å²) < 4.78 is 18.0. The molecule has 0 bridgehead atoms. The number of aromatic nitrogens is 6. The molecule has 1 amide bonds. The lowest BCUT2D eigenvalue weighted by Crippen LogP contribution is -2.51. The van der Waals surface area contributed by atoms with Crippen molar-refractivity contribution in [1.29, 1.82) is 0 Å². The number of carbonyl (C=O) groups is 6. The summed E-state index contributed by atoms with van der Waals surface area (Å²) in [5, 5.41) is 10.0. The summed E-state index contributed by atoms with van der Waals surface area (Å²) in [4.78, 5) is 75.7. The van der Waals surface area contributed by atoms with Crippen LogP contribution in [0.15, 0.2) is 81.5 Å². The van der Waals surface area contributed by atoms with Crippen LogP contribution in [-0.2, 0) is 33.4 Å². The van der Waals surface area contributed by atoms with Crippen LogP contribution in [0.1, 0.15) is 25.7 Å².